The van der Waals surface area contributed by atoms with Crippen LogP contribution in [0.3, 0.4) is 0 Å². The normalized spacial score (nSPS) is 9.80. The number of rotatable bonds is 2. The van der Waals surface area contributed by atoms with Crippen molar-refractivity contribution in [1.82, 2.24) is 4.98 Å². The van der Waals surface area contributed by atoms with Crippen LogP contribution in [0, 0.1) is 6.92 Å². The zero-order valence-corrected chi connectivity index (χ0v) is 7.01. The summed E-state index contributed by atoms with van der Waals surface area (Å²) in [5.74, 6) is 0.839. The van der Waals surface area contributed by atoms with Gasteiger partial charge in [-0.15, -0.1) is 0 Å². The van der Waals surface area contributed by atoms with Crippen molar-refractivity contribution in [3.63, 3.8) is 0 Å². The molecule has 0 amide bonds. The second kappa shape index (κ2) is 2.96. The average Bonchev–Trinajstić information content (AvgIpc) is 2.30. The highest BCUT2D eigenvalue weighted by Crippen LogP contribution is 2.10. The molecule has 0 unspecified atom stereocenters. The van der Waals surface area contributed by atoms with Crippen molar-refractivity contribution in [3.8, 4) is 0 Å². The fourth-order valence-corrected chi connectivity index (χ4v) is 1.08. The zero-order chi connectivity index (χ0) is 7.56. The zero-order valence-electron chi connectivity index (χ0n) is 5.43. The first-order chi connectivity index (χ1) is 4.77. The summed E-state index contributed by atoms with van der Waals surface area (Å²) in [5, 5.41) is 0.554. The lowest BCUT2D eigenvalue weighted by Gasteiger charge is -1.81. The fraction of sp³-hybridized carbons (Fsp3) is 0.333. The molecule has 1 aromatic rings. The lowest BCUT2D eigenvalue weighted by atomic mass is 10.4. The predicted octanol–water partition coefficient (Wildman–Crippen LogP) is 1.69. The molecule has 0 atom stereocenters. The van der Waals surface area contributed by atoms with Crippen LogP contribution in [0.4, 0.5) is 0 Å². The molecule has 0 aliphatic rings. The monoisotopic (exact) mass is 203 g/mol. The van der Waals surface area contributed by atoms with Crippen molar-refractivity contribution in [2.75, 3.05) is 0 Å². The van der Waals surface area contributed by atoms with E-state index in [1.807, 2.05) is 0 Å². The summed E-state index contributed by atoms with van der Waals surface area (Å²) in [6, 6.07) is 0. The number of alkyl halides is 1. The van der Waals surface area contributed by atoms with Gasteiger partial charge in [-0.05, 0) is 0 Å². The molecule has 4 heteroatoms. The van der Waals surface area contributed by atoms with Crippen molar-refractivity contribution >= 4 is 22.2 Å². The van der Waals surface area contributed by atoms with Crippen LogP contribution in [-0.4, -0.2) is 11.3 Å². The SMILES string of the molecule is Cc1nc(CBr)c(C=O)o1. The minimum atomic E-state index is 0.314. The van der Waals surface area contributed by atoms with Crippen LogP contribution in [-0.2, 0) is 5.33 Å². The van der Waals surface area contributed by atoms with E-state index in [0.29, 0.717) is 29.0 Å². The van der Waals surface area contributed by atoms with E-state index in [0.717, 1.165) is 0 Å². The highest BCUT2D eigenvalue weighted by atomic mass is 79.9. The van der Waals surface area contributed by atoms with Gasteiger partial charge < -0.3 is 4.42 Å². The fourth-order valence-electron chi connectivity index (χ4n) is 0.674. The first kappa shape index (κ1) is 7.47. The number of hydrogen-bond acceptors (Lipinski definition) is 3. The quantitative estimate of drug-likeness (QED) is 0.543. The number of nitrogens with zero attached hydrogens (tertiary/aromatic N) is 1. The maximum atomic E-state index is 10.2. The van der Waals surface area contributed by atoms with E-state index in [1.54, 1.807) is 6.92 Å². The van der Waals surface area contributed by atoms with E-state index in [2.05, 4.69) is 20.9 Å². The van der Waals surface area contributed by atoms with Gasteiger partial charge >= 0.3 is 0 Å². The summed E-state index contributed by atoms with van der Waals surface area (Å²) in [5.41, 5.74) is 0.660. The molecule has 3 nitrogen and oxygen atoms in total. The third-order valence-corrected chi connectivity index (χ3v) is 1.60. The Hall–Kier alpha value is -0.640. The van der Waals surface area contributed by atoms with Gasteiger partial charge in [0.25, 0.3) is 0 Å². The van der Waals surface area contributed by atoms with Gasteiger partial charge in [0.05, 0.1) is 0 Å². The molecule has 0 saturated carbocycles. The predicted molar refractivity (Wildman–Crippen MR) is 39.3 cm³/mol. The first-order valence-corrected chi connectivity index (χ1v) is 3.87. The van der Waals surface area contributed by atoms with Crippen LogP contribution in [0.15, 0.2) is 4.42 Å². The van der Waals surface area contributed by atoms with E-state index in [9.17, 15) is 4.79 Å². The highest BCUT2D eigenvalue weighted by molar-refractivity contribution is 9.08. The Morgan fingerprint density at radius 1 is 1.80 bits per heavy atom. The van der Waals surface area contributed by atoms with E-state index >= 15 is 0 Å². The standard InChI is InChI=1S/C6H6BrNO2/c1-4-8-5(2-7)6(3-9)10-4/h3H,2H2,1H3. The van der Waals surface area contributed by atoms with Gasteiger partial charge in [0.1, 0.15) is 5.69 Å². The van der Waals surface area contributed by atoms with Gasteiger partial charge in [-0.1, -0.05) is 15.9 Å². The van der Waals surface area contributed by atoms with Crippen LogP contribution in [0.2, 0.25) is 0 Å². The van der Waals surface area contributed by atoms with Gasteiger partial charge in [-0.3, -0.25) is 4.79 Å². The summed E-state index contributed by atoms with van der Waals surface area (Å²) in [6.07, 6.45) is 0.663. The van der Waals surface area contributed by atoms with E-state index < -0.39 is 0 Å². The molecule has 10 heavy (non-hydrogen) atoms. The molecular weight excluding hydrogens is 198 g/mol. The number of aromatic nitrogens is 1. The highest BCUT2D eigenvalue weighted by Gasteiger charge is 2.06. The molecule has 0 aromatic carbocycles. The molecule has 0 aliphatic carbocycles. The van der Waals surface area contributed by atoms with Crippen LogP contribution >= 0.6 is 15.9 Å². The van der Waals surface area contributed by atoms with Crippen LogP contribution in [0.5, 0.6) is 0 Å². The van der Waals surface area contributed by atoms with E-state index in [-0.39, 0.29) is 0 Å². The van der Waals surface area contributed by atoms with Crippen molar-refractivity contribution < 1.29 is 9.21 Å². The lowest BCUT2D eigenvalue weighted by Crippen LogP contribution is -1.83. The average molecular weight is 204 g/mol. The molecular formula is C6H6BrNO2. The minimum absolute atomic E-state index is 0.314. The molecule has 54 valence electrons. The van der Waals surface area contributed by atoms with Crippen molar-refractivity contribution in [1.29, 1.82) is 0 Å². The number of halogens is 1. The third-order valence-electron chi connectivity index (χ3n) is 1.07. The molecule has 0 fully saturated rings. The van der Waals surface area contributed by atoms with E-state index in [1.165, 1.54) is 0 Å². The van der Waals surface area contributed by atoms with Gasteiger partial charge in [0, 0.05) is 12.3 Å². The molecule has 0 spiro atoms. The number of carbonyl (C=O) groups is 1. The summed E-state index contributed by atoms with van der Waals surface area (Å²) >= 11 is 3.18. The maximum Gasteiger partial charge on any atom is 0.192 e. The summed E-state index contributed by atoms with van der Waals surface area (Å²) in [7, 11) is 0. The third kappa shape index (κ3) is 1.26. The van der Waals surface area contributed by atoms with Crippen LogP contribution in [0.25, 0.3) is 0 Å². The molecule has 0 aliphatic heterocycles. The number of carbonyl (C=O) groups excluding carboxylic acids is 1. The Labute approximate surface area is 66.6 Å². The molecule has 1 aromatic heterocycles. The van der Waals surface area contributed by atoms with Gasteiger partial charge in [-0.25, -0.2) is 4.98 Å². The molecule has 0 saturated heterocycles. The maximum absolute atomic E-state index is 10.2. The Morgan fingerprint density at radius 3 is 2.90 bits per heavy atom. The Balaban J connectivity index is 3.08. The molecule has 1 rings (SSSR count). The smallest absolute Gasteiger partial charge is 0.192 e. The molecule has 0 radical (unpaired) electrons. The van der Waals surface area contributed by atoms with Gasteiger partial charge in [-0.2, -0.15) is 0 Å². The second-order valence-electron chi connectivity index (χ2n) is 1.80. The summed E-state index contributed by atoms with van der Waals surface area (Å²) < 4.78 is 4.95. The number of aldehydes is 1. The number of hydrogen-bond donors (Lipinski definition) is 0. The lowest BCUT2D eigenvalue weighted by molar-refractivity contribution is 0.109. The first-order valence-electron chi connectivity index (χ1n) is 2.75. The molecule has 0 N–H and O–H groups in total. The summed E-state index contributed by atoms with van der Waals surface area (Å²) in [6.45, 7) is 1.71. The number of aryl methyl sites for hydroxylation is 1. The van der Waals surface area contributed by atoms with Crippen LogP contribution < -0.4 is 0 Å². The topological polar surface area (TPSA) is 43.1 Å². The largest absolute Gasteiger partial charge is 0.438 e. The minimum Gasteiger partial charge on any atom is -0.438 e. The Kier molecular flexibility index (Phi) is 2.21. The molecule has 0 bridgehead atoms. The van der Waals surface area contributed by atoms with Crippen molar-refractivity contribution in [2.45, 2.75) is 12.3 Å². The second-order valence-corrected chi connectivity index (χ2v) is 2.36. The summed E-state index contributed by atoms with van der Waals surface area (Å²) in [4.78, 5) is 14.2. The van der Waals surface area contributed by atoms with Gasteiger partial charge in [0.15, 0.2) is 17.9 Å². The Bertz CT molecular complexity index is 244. The van der Waals surface area contributed by atoms with Crippen LogP contribution in [0.1, 0.15) is 22.1 Å². The Morgan fingerprint density at radius 2 is 2.50 bits per heavy atom. The van der Waals surface area contributed by atoms with Crippen molar-refractivity contribution in [2.24, 2.45) is 0 Å². The van der Waals surface area contributed by atoms with Crippen molar-refractivity contribution in [3.05, 3.63) is 17.3 Å². The molecule has 1 heterocycles. The number of oxazole rings is 1. The van der Waals surface area contributed by atoms with E-state index in [4.69, 9.17) is 4.42 Å². The van der Waals surface area contributed by atoms with Gasteiger partial charge in [0.2, 0.25) is 0 Å².